The molecule has 0 spiro atoms. The summed E-state index contributed by atoms with van der Waals surface area (Å²) < 4.78 is 16.6. The number of benzene rings is 2. The maximum absolute atomic E-state index is 12.6. The molecule has 0 N–H and O–H groups in total. The Morgan fingerprint density at radius 3 is 2.43 bits per heavy atom. The van der Waals surface area contributed by atoms with E-state index in [0.29, 0.717) is 13.0 Å². The largest absolute Gasteiger partial charge is 0.484 e. The molecule has 0 aliphatic carbocycles. The third-order valence-electron chi connectivity index (χ3n) is 5.50. The number of fused-ring (bicyclic) bond motifs is 1. The van der Waals surface area contributed by atoms with Gasteiger partial charge in [0.2, 0.25) is 12.4 Å². The zero-order chi connectivity index (χ0) is 26.9. The van der Waals surface area contributed by atoms with Crippen LogP contribution in [0, 0.1) is 16.0 Å². The van der Waals surface area contributed by atoms with Crippen LogP contribution in [0.1, 0.15) is 38.2 Å². The maximum Gasteiger partial charge on any atom is 0.412 e. The number of esters is 1. The molecule has 3 aromatic rings. The molecule has 1 heterocycles. The summed E-state index contributed by atoms with van der Waals surface area (Å²) in [4.78, 5) is 42.2. The number of hydrogen-bond donors (Lipinski definition) is 0. The molecule has 37 heavy (non-hydrogen) atoms. The number of ether oxygens (including phenoxy) is 3. The van der Waals surface area contributed by atoms with E-state index in [1.807, 2.05) is 60.0 Å². The molecule has 3 atom stereocenters. The fourth-order valence-electron chi connectivity index (χ4n) is 3.60. The highest BCUT2D eigenvalue weighted by Gasteiger charge is 2.30. The first kappa shape index (κ1) is 27.7. The molecule has 198 valence electrons. The monoisotopic (exact) mass is 530 g/mol. The number of rotatable bonds is 12. The van der Waals surface area contributed by atoms with Crippen molar-refractivity contribution in [1.82, 2.24) is 4.90 Å². The Morgan fingerprint density at radius 2 is 1.76 bits per heavy atom. The number of carbonyl (C=O) groups is 2. The van der Waals surface area contributed by atoms with Gasteiger partial charge in [-0.25, -0.2) is 9.59 Å². The van der Waals surface area contributed by atoms with E-state index in [2.05, 4.69) is 4.84 Å². The van der Waals surface area contributed by atoms with E-state index in [4.69, 9.17) is 14.2 Å². The Labute approximate surface area is 218 Å². The van der Waals surface area contributed by atoms with Crippen molar-refractivity contribution in [1.29, 1.82) is 0 Å². The average molecular weight is 531 g/mol. The molecule has 0 aliphatic heterocycles. The molecule has 0 bridgehead atoms. The van der Waals surface area contributed by atoms with E-state index in [1.54, 1.807) is 32.2 Å². The normalized spacial score (nSPS) is 13.4. The predicted molar refractivity (Wildman–Crippen MR) is 138 cm³/mol. The van der Waals surface area contributed by atoms with E-state index in [0.717, 1.165) is 21.4 Å². The van der Waals surface area contributed by atoms with Gasteiger partial charge in [-0.2, -0.15) is 0 Å². The molecule has 1 aromatic heterocycles. The average Bonchev–Trinajstić information content (AvgIpc) is 3.39. The first-order valence-corrected chi connectivity index (χ1v) is 12.6. The van der Waals surface area contributed by atoms with E-state index in [-0.39, 0.29) is 6.10 Å². The van der Waals surface area contributed by atoms with Gasteiger partial charge < -0.3 is 19.1 Å². The zero-order valence-electron chi connectivity index (χ0n) is 21.1. The summed E-state index contributed by atoms with van der Waals surface area (Å²) in [6, 6.07) is 17.8. The first-order valence-electron chi connectivity index (χ1n) is 11.8. The smallest absolute Gasteiger partial charge is 0.412 e. The summed E-state index contributed by atoms with van der Waals surface area (Å²) in [5, 5.41) is 13.6. The van der Waals surface area contributed by atoms with Crippen LogP contribution in [0.4, 0.5) is 4.79 Å². The Bertz CT molecular complexity index is 1200. The SMILES string of the molecule is CC(OC(=O)[C@@H](O[N+](=O)[O-])C(C)C)OC(=O)N(C)CC[C@H](Oc1cccc2ccccc12)c1cccs1. The minimum absolute atomic E-state index is 0.298. The highest BCUT2D eigenvalue weighted by atomic mass is 32.1. The highest BCUT2D eigenvalue weighted by molar-refractivity contribution is 7.10. The van der Waals surface area contributed by atoms with E-state index >= 15 is 0 Å². The lowest BCUT2D eigenvalue weighted by molar-refractivity contribution is -0.766. The van der Waals surface area contributed by atoms with Crippen LogP contribution in [0.3, 0.4) is 0 Å². The van der Waals surface area contributed by atoms with Crippen LogP contribution >= 0.6 is 11.3 Å². The van der Waals surface area contributed by atoms with Crippen LogP contribution in [0.5, 0.6) is 5.75 Å². The van der Waals surface area contributed by atoms with Crippen molar-refractivity contribution in [3.05, 3.63) is 75.0 Å². The Balaban J connectivity index is 1.59. The van der Waals surface area contributed by atoms with Gasteiger partial charge in [0.15, 0.2) is 0 Å². The molecule has 3 rings (SSSR count). The highest BCUT2D eigenvalue weighted by Crippen LogP contribution is 2.33. The first-order chi connectivity index (χ1) is 17.7. The van der Waals surface area contributed by atoms with Crippen LogP contribution in [0.15, 0.2) is 60.0 Å². The molecule has 0 saturated heterocycles. The lowest BCUT2D eigenvalue weighted by atomic mass is 10.1. The molecule has 0 saturated carbocycles. The van der Waals surface area contributed by atoms with E-state index in [1.165, 1.54) is 11.8 Å². The van der Waals surface area contributed by atoms with E-state index < -0.39 is 35.5 Å². The second-order valence-electron chi connectivity index (χ2n) is 8.69. The van der Waals surface area contributed by atoms with Crippen molar-refractivity contribution in [3.8, 4) is 5.75 Å². The van der Waals surface area contributed by atoms with Crippen LogP contribution in [-0.4, -0.2) is 48.0 Å². The third kappa shape index (κ3) is 7.81. The van der Waals surface area contributed by atoms with Gasteiger partial charge in [0.25, 0.3) is 5.09 Å². The second kappa shape index (κ2) is 12.9. The lowest BCUT2D eigenvalue weighted by Crippen LogP contribution is -2.38. The van der Waals surface area contributed by atoms with Crippen LogP contribution in [0.2, 0.25) is 0 Å². The number of hydrogen-bond acceptors (Lipinski definition) is 9. The molecule has 11 heteroatoms. The van der Waals surface area contributed by atoms with Crippen molar-refractivity contribution < 1.29 is 33.7 Å². The maximum atomic E-state index is 12.6. The minimum Gasteiger partial charge on any atom is -0.484 e. The van der Waals surface area contributed by atoms with Gasteiger partial charge in [0.05, 0.1) is 0 Å². The molecule has 2 aromatic carbocycles. The number of nitrogens with zero attached hydrogens (tertiary/aromatic N) is 2. The lowest BCUT2D eigenvalue weighted by Gasteiger charge is -2.24. The van der Waals surface area contributed by atoms with Gasteiger partial charge in [-0.3, -0.25) is 4.84 Å². The van der Waals surface area contributed by atoms with Crippen molar-refractivity contribution >= 4 is 34.2 Å². The van der Waals surface area contributed by atoms with Crippen molar-refractivity contribution in [2.75, 3.05) is 13.6 Å². The fourth-order valence-corrected chi connectivity index (χ4v) is 4.39. The van der Waals surface area contributed by atoms with E-state index in [9.17, 15) is 19.7 Å². The van der Waals surface area contributed by atoms with Crippen molar-refractivity contribution in [2.24, 2.45) is 5.92 Å². The van der Waals surface area contributed by atoms with Crippen molar-refractivity contribution in [2.45, 2.75) is 45.7 Å². The molecule has 0 radical (unpaired) electrons. The predicted octanol–water partition coefficient (Wildman–Crippen LogP) is 5.60. The summed E-state index contributed by atoms with van der Waals surface area (Å²) in [5.41, 5.74) is 0. The molecule has 0 aliphatic rings. The Hall–Kier alpha value is -3.86. The standard InChI is InChI=1S/C26H30N2O8S/c1-17(2)24(36-28(31)32)25(29)33-18(3)34-26(30)27(4)15-14-22(23-13-8-16-37-23)35-21-12-7-10-19-9-5-6-11-20(19)21/h5-13,16-18,22,24H,14-15H2,1-4H3/t18?,22-,24-/m0/s1. The van der Waals surface area contributed by atoms with Gasteiger partial charge >= 0.3 is 12.1 Å². The molecular weight excluding hydrogens is 500 g/mol. The number of carbonyl (C=O) groups excluding carboxylic acids is 2. The Morgan fingerprint density at radius 1 is 1.03 bits per heavy atom. The van der Waals surface area contributed by atoms with Crippen LogP contribution < -0.4 is 4.74 Å². The second-order valence-corrected chi connectivity index (χ2v) is 9.67. The summed E-state index contributed by atoms with van der Waals surface area (Å²) in [6.45, 7) is 4.80. The van der Waals surface area contributed by atoms with Crippen molar-refractivity contribution in [3.63, 3.8) is 0 Å². The van der Waals surface area contributed by atoms with Gasteiger partial charge in [-0.15, -0.1) is 21.5 Å². The van der Waals surface area contributed by atoms with Crippen LogP contribution in [-0.2, 0) is 19.1 Å². The molecule has 1 unspecified atom stereocenters. The minimum atomic E-state index is -1.42. The number of amides is 1. The fraction of sp³-hybridized carbons (Fsp3) is 0.385. The summed E-state index contributed by atoms with van der Waals surface area (Å²) in [6.07, 6.45) is -3.23. The topological polar surface area (TPSA) is 117 Å². The van der Waals surface area contributed by atoms with Crippen LogP contribution in [0.25, 0.3) is 10.8 Å². The summed E-state index contributed by atoms with van der Waals surface area (Å²) >= 11 is 1.57. The molecule has 0 fully saturated rings. The summed E-state index contributed by atoms with van der Waals surface area (Å²) in [5.74, 6) is -0.755. The van der Waals surface area contributed by atoms with Gasteiger partial charge in [0, 0.05) is 37.2 Å². The third-order valence-corrected chi connectivity index (χ3v) is 6.47. The Kier molecular flexibility index (Phi) is 9.67. The van der Waals surface area contributed by atoms with Gasteiger partial charge in [-0.1, -0.05) is 56.3 Å². The quantitative estimate of drug-likeness (QED) is 0.128. The van der Waals surface area contributed by atoms with Gasteiger partial charge in [0.1, 0.15) is 11.9 Å². The molecular formula is C26H30N2O8S. The summed E-state index contributed by atoms with van der Waals surface area (Å²) in [7, 11) is 1.56. The van der Waals surface area contributed by atoms with Gasteiger partial charge in [-0.05, 0) is 28.8 Å². The molecule has 10 nitrogen and oxygen atoms in total. The number of thiophene rings is 1. The zero-order valence-corrected chi connectivity index (χ0v) is 21.9. The molecule has 1 amide bonds.